The van der Waals surface area contributed by atoms with Crippen LogP contribution >= 0.6 is 11.3 Å². The van der Waals surface area contributed by atoms with Gasteiger partial charge in [-0.25, -0.2) is 0 Å². The highest BCUT2D eigenvalue weighted by Crippen LogP contribution is 2.32. The molecular weight excluding hydrogens is 370 g/mol. The van der Waals surface area contributed by atoms with Gasteiger partial charge in [0.2, 0.25) is 5.91 Å². The molecule has 3 aromatic rings. The van der Waals surface area contributed by atoms with Gasteiger partial charge in [-0.15, -0.1) is 11.3 Å². The quantitative estimate of drug-likeness (QED) is 0.665. The number of nitrogens with one attached hydrogen (secondary N) is 2. The Hall–Kier alpha value is -2.86. The van der Waals surface area contributed by atoms with Gasteiger partial charge >= 0.3 is 0 Å². The first-order chi connectivity index (χ1) is 13.6. The van der Waals surface area contributed by atoms with E-state index in [0.29, 0.717) is 10.8 Å². The summed E-state index contributed by atoms with van der Waals surface area (Å²) in [6.45, 7) is 2.24. The van der Waals surface area contributed by atoms with Gasteiger partial charge in [0.1, 0.15) is 0 Å². The van der Waals surface area contributed by atoms with E-state index in [1.54, 1.807) is 0 Å². The van der Waals surface area contributed by atoms with E-state index in [0.717, 1.165) is 24.1 Å². The van der Waals surface area contributed by atoms with E-state index >= 15 is 0 Å². The summed E-state index contributed by atoms with van der Waals surface area (Å²) in [5, 5.41) is 0. The van der Waals surface area contributed by atoms with E-state index in [1.165, 1.54) is 28.2 Å². The van der Waals surface area contributed by atoms with Crippen molar-refractivity contribution in [3.8, 4) is 5.69 Å². The third kappa shape index (κ3) is 4.17. The highest BCUT2D eigenvalue weighted by Gasteiger charge is 2.20. The van der Waals surface area contributed by atoms with Gasteiger partial charge in [-0.3, -0.25) is 20.4 Å². The van der Waals surface area contributed by atoms with Crippen LogP contribution in [0.2, 0.25) is 0 Å². The van der Waals surface area contributed by atoms with Crippen LogP contribution in [-0.2, 0) is 24.1 Å². The lowest BCUT2D eigenvalue weighted by atomic mass is 9.90. The maximum Gasteiger partial charge on any atom is 0.279 e. The Morgan fingerprint density at radius 2 is 1.89 bits per heavy atom. The van der Waals surface area contributed by atoms with Crippen LogP contribution in [0.1, 0.15) is 39.0 Å². The fraction of sp³-hybridized carbons (Fsp3) is 0.273. The van der Waals surface area contributed by atoms with Crippen molar-refractivity contribution in [2.75, 3.05) is 0 Å². The zero-order chi connectivity index (χ0) is 19.5. The van der Waals surface area contributed by atoms with Crippen molar-refractivity contribution in [1.82, 2.24) is 15.4 Å². The minimum Gasteiger partial charge on any atom is -0.324 e. The lowest BCUT2D eigenvalue weighted by Gasteiger charge is -2.16. The van der Waals surface area contributed by atoms with Crippen molar-refractivity contribution in [2.24, 2.45) is 5.92 Å². The first-order valence-electron chi connectivity index (χ1n) is 9.51. The summed E-state index contributed by atoms with van der Waals surface area (Å²) in [4.78, 5) is 26.5. The number of thiophene rings is 1. The van der Waals surface area contributed by atoms with Crippen LogP contribution < -0.4 is 10.9 Å². The smallest absolute Gasteiger partial charge is 0.279 e. The molecule has 1 aromatic carbocycles. The molecule has 0 bridgehead atoms. The molecule has 0 radical (unpaired) electrons. The molecule has 144 valence electrons. The van der Waals surface area contributed by atoms with E-state index in [1.807, 2.05) is 59.4 Å². The van der Waals surface area contributed by atoms with Gasteiger partial charge in [0, 0.05) is 23.0 Å². The van der Waals surface area contributed by atoms with Crippen LogP contribution in [0, 0.1) is 5.92 Å². The van der Waals surface area contributed by atoms with Crippen molar-refractivity contribution in [2.45, 2.75) is 32.6 Å². The molecule has 1 atom stereocenters. The van der Waals surface area contributed by atoms with E-state index in [9.17, 15) is 9.59 Å². The molecule has 6 heteroatoms. The SMILES string of the molecule is CC1CCc2sc(C(=O)NNC(=O)Cc3ccc(-n4cccc4)cc3)cc2C1. The number of aryl methyl sites for hydroxylation is 1. The van der Waals surface area contributed by atoms with Gasteiger partial charge in [0.15, 0.2) is 0 Å². The molecule has 0 spiro atoms. The standard InChI is InChI=1S/C22H23N3O2S/c1-15-4-9-19-17(12-15)14-20(28-19)22(27)24-23-21(26)13-16-5-7-18(8-6-16)25-10-2-3-11-25/h2-3,5-8,10-11,14-15H,4,9,12-13H2,1H3,(H,23,26)(H,24,27). The second-order valence-electron chi connectivity index (χ2n) is 7.34. The Bertz CT molecular complexity index is 974. The number of amides is 2. The van der Waals surface area contributed by atoms with Crippen molar-refractivity contribution < 1.29 is 9.59 Å². The third-order valence-electron chi connectivity index (χ3n) is 5.07. The molecule has 1 unspecified atom stereocenters. The maximum atomic E-state index is 12.4. The molecule has 0 saturated heterocycles. The summed E-state index contributed by atoms with van der Waals surface area (Å²) >= 11 is 1.54. The highest BCUT2D eigenvalue weighted by molar-refractivity contribution is 7.14. The fourth-order valence-electron chi connectivity index (χ4n) is 3.53. The van der Waals surface area contributed by atoms with Gasteiger partial charge < -0.3 is 4.57 Å². The van der Waals surface area contributed by atoms with Crippen LogP contribution in [0.15, 0.2) is 54.9 Å². The summed E-state index contributed by atoms with van der Waals surface area (Å²) < 4.78 is 2.01. The molecule has 5 nitrogen and oxygen atoms in total. The normalized spacial score (nSPS) is 15.7. The number of rotatable bonds is 4. The molecule has 0 saturated carbocycles. The lowest BCUT2D eigenvalue weighted by molar-refractivity contribution is -0.121. The molecule has 0 fully saturated rings. The Kier molecular flexibility index (Phi) is 5.30. The average Bonchev–Trinajstić information content (AvgIpc) is 3.36. The van der Waals surface area contributed by atoms with Crippen molar-refractivity contribution >= 4 is 23.2 Å². The number of carbonyl (C=O) groups excluding carboxylic acids is 2. The number of hydrazine groups is 1. The van der Waals surface area contributed by atoms with Crippen LogP contribution in [0.4, 0.5) is 0 Å². The van der Waals surface area contributed by atoms with Crippen molar-refractivity contribution in [1.29, 1.82) is 0 Å². The number of aromatic nitrogens is 1. The predicted molar refractivity (Wildman–Crippen MR) is 111 cm³/mol. The van der Waals surface area contributed by atoms with Gasteiger partial charge in [-0.05, 0) is 66.6 Å². The van der Waals surface area contributed by atoms with Gasteiger partial charge in [-0.1, -0.05) is 19.1 Å². The first-order valence-corrected chi connectivity index (χ1v) is 10.3. The Morgan fingerprint density at radius 3 is 2.64 bits per heavy atom. The summed E-state index contributed by atoms with van der Waals surface area (Å²) in [6.07, 6.45) is 7.41. The van der Waals surface area contributed by atoms with Crippen LogP contribution in [-0.4, -0.2) is 16.4 Å². The Labute approximate surface area is 168 Å². The fourth-order valence-corrected chi connectivity index (χ4v) is 4.63. The topological polar surface area (TPSA) is 63.1 Å². The summed E-state index contributed by atoms with van der Waals surface area (Å²) in [5.74, 6) is 0.182. The number of hydrogen-bond acceptors (Lipinski definition) is 3. The van der Waals surface area contributed by atoms with Crippen molar-refractivity contribution in [3.05, 3.63) is 75.7 Å². The molecule has 28 heavy (non-hydrogen) atoms. The van der Waals surface area contributed by atoms with E-state index in [-0.39, 0.29) is 18.2 Å². The van der Waals surface area contributed by atoms with Crippen LogP contribution in [0.25, 0.3) is 5.69 Å². The third-order valence-corrected chi connectivity index (χ3v) is 6.31. The summed E-state index contributed by atoms with van der Waals surface area (Å²) in [7, 11) is 0. The van der Waals surface area contributed by atoms with E-state index < -0.39 is 0 Å². The van der Waals surface area contributed by atoms with E-state index in [4.69, 9.17) is 0 Å². The number of fused-ring (bicyclic) bond motifs is 1. The van der Waals surface area contributed by atoms with E-state index in [2.05, 4.69) is 17.8 Å². The zero-order valence-electron chi connectivity index (χ0n) is 15.8. The van der Waals surface area contributed by atoms with Crippen LogP contribution in [0.5, 0.6) is 0 Å². The predicted octanol–water partition coefficient (Wildman–Crippen LogP) is 3.67. The van der Waals surface area contributed by atoms with Gasteiger partial charge in [0.25, 0.3) is 5.91 Å². The number of hydrogen-bond donors (Lipinski definition) is 2. The molecule has 0 aliphatic heterocycles. The second-order valence-corrected chi connectivity index (χ2v) is 8.48. The Morgan fingerprint density at radius 1 is 1.14 bits per heavy atom. The first kappa shape index (κ1) is 18.5. The molecule has 1 aliphatic rings. The average molecular weight is 394 g/mol. The van der Waals surface area contributed by atoms with Gasteiger partial charge in [-0.2, -0.15) is 0 Å². The molecule has 4 rings (SSSR count). The molecule has 2 N–H and O–H groups in total. The minimum atomic E-state index is -0.247. The van der Waals surface area contributed by atoms with Gasteiger partial charge in [0.05, 0.1) is 11.3 Å². The molecule has 2 amide bonds. The number of benzene rings is 1. The molecule has 2 heterocycles. The Balaban J connectivity index is 1.30. The summed E-state index contributed by atoms with van der Waals surface area (Å²) in [6, 6.07) is 13.7. The largest absolute Gasteiger partial charge is 0.324 e. The maximum absolute atomic E-state index is 12.4. The van der Waals surface area contributed by atoms with Crippen molar-refractivity contribution in [3.63, 3.8) is 0 Å². The monoisotopic (exact) mass is 393 g/mol. The lowest BCUT2D eigenvalue weighted by Crippen LogP contribution is -2.42. The highest BCUT2D eigenvalue weighted by atomic mass is 32.1. The molecule has 2 aromatic heterocycles. The van der Waals surface area contributed by atoms with Crippen LogP contribution in [0.3, 0.4) is 0 Å². The number of nitrogens with zero attached hydrogens (tertiary/aromatic N) is 1. The second kappa shape index (κ2) is 8.02. The molecule has 1 aliphatic carbocycles. The summed E-state index contributed by atoms with van der Waals surface area (Å²) in [5.41, 5.74) is 8.28. The minimum absolute atomic E-state index is 0.213. The molecular formula is C22H23N3O2S. The zero-order valence-corrected chi connectivity index (χ0v) is 16.6. The number of carbonyl (C=O) groups is 2.